The quantitative estimate of drug-likeness (QED) is 0.651. The van der Waals surface area contributed by atoms with Gasteiger partial charge < -0.3 is 4.74 Å². The van der Waals surface area contributed by atoms with Crippen molar-refractivity contribution >= 4 is 6.29 Å². The van der Waals surface area contributed by atoms with Crippen LogP contribution in [0.5, 0.6) is 5.75 Å². The van der Waals surface area contributed by atoms with Crippen molar-refractivity contribution in [3.05, 3.63) is 71.8 Å². The van der Waals surface area contributed by atoms with Crippen LogP contribution in [-0.4, -0.2) is 27.7 Å². The first-order chi connectivity index (χ1) is 11.7. The first kappa shape index (κ1) is 15.8. The van der Waals surface area contributed by atoms with E-state index in [-0.39, 0.29) is 11.4 Å². The van der Waals surface area contributed by atoms with Crippen molar-refractivity contribution in [3.8, 4) is 11.4 Å². The largest absolute Gasteiger partial charge is 0.433 e. The van der Waals surface area contributed by atoms with E-state index in [9.17, 15) is 13.6 Å². The SMILES string of the molecule is O=Cc1cc(Cc2ccc(-n3cccn3)cc2)c(OC(F)F)cn1. The highest BCUT2D eigenvalue weighted by atomic mass is 19.3. The third-order valence-corrected chi connectivity index (χ3v) is 3.41. The van der Waals surface area contributed by atoms with Crippen LogP contribution in [-0.2, 0) is 6.42 Å². The van der Waals surface area contributed by atoms with E-state index >= 15 is 0 Å². The summed E-state index contributed by atoms with van der Waals surface area (Å²) >= 11 is 0. The van der Waals surface area contributed by atoms with Gasteiger partial charge in [0.15, 0.2) is 6.29 Å². The van der Waals surface area contributed by atoms with Gasteiger partial charge in [-0.25, -0.2) is 9.67 Å². The minimum atomic E-state index is -2.95. The monoisotopic (exact) mass is 329 g/mol. The van der Waals surface area contributed by atoms with Crippen LogP contribution in [0.1, 0.15) is 21.6 Å². The molecule has 0 fully saturated rings. The van der Waals surface area contributed by atoms with Crippen LogP contribution < -0.4 is 4.74 Å². The maximum atomic E-state index is 12.5. The number of hydrogen-bond acceptors (Lipinski definition) is 4. The predicted octanol–water partition coefficient (Wildman–Crippen LogP) is 3.27. The molecule has 0 N–H and O–H groups in total. The second-order valence-corrected chi connectivity index (χ2v) is 5.01. The third kappa shape index (κ3) is 3.62. The molecule has 1 aromatic carbocycles. The molecule has 0 aliphatic rings. The highest BCUT2D eigenvalue weighted by Crippen LogP contribution is 2.23. The number of carbonyl (C=O) groups is 1. The first-order valence-corrected chi connectivity index (χ1v) is 7.13. The molecule has 2 heterocycles. The van der Waals surface area contributed by atoms with Crippen LogP contribution in [0.15, 0.2) is 55.0 Å². The lowest BCUT2D eigenvalue weighted by Crippen LogP contribution is -2.06. The van der Waals surface area contributed by atoms with E-state index in [1.165, 1.54) is 6.07 Å². The van der Waals surface area contributed by atoms with E-state index in [1.807, 2.05) is 36.5 Å². The lowest BCUT2D eigenvalue weighted by molar-refractivity contribution is -0.0506. The van der Waals surface area contributed by atoms with Crippen molar-refractivity contribution in [3.63, 3.8) is 0 Å². The Morgan fingerprint density at radius 1 is 1.25 bits per heavy atom. The van der Waals surface area contributed by atoms with Gasteiger partial charge >= 0.3 is 6.61 Å². The Labute approximate surface area is 136 Å². The van der Waals surface area contributed by atoms with Crippen LogP contribution >= 0.6 is 0 Å². The minimum absolute atomic E-state index is 0.0354. The van der Waals surface area contributed by atoms with E-state index in [0.717, 1.165) is 17.4 Å². The normalized spacial score (nSPS) is 10.8. The Hall–Kier alpha value is -3.09. The number of carbonyl (C=O) groups excluding carboxylic acids is 1. The fraction of sp³-hybridized carbons (Fsp3) is 0.118. The number of pyridine rings is 1. The van der Waals surface area contributed by atoms with Gasteiger partial charge in [-0.3, -0.25) is 4.79 Å². The summed E-state index contributed by atoms with van der Waals surface area (Å²) in [6.07, 6.45) is 5.55. The Bertz CT molecular complexity index is 818. The van der Waals surface area contributed by atoms with E-state index in [2.05, 4.69) is 14.8 Å². The van der Waals surface area contributed by atoms with E-state index in [0.29, 0.717) is 18.3 Å². The van der Waals surface area contributed by atoms with Crippen LogP contribution in [0.2, 0.25) is 0 Å². The molecule has 0 saturated heterocycles. The third-order valence-electron chi connectivity index (χ3n) is 3.41. The zero-order valence-electron chi connectivity index (χ0n) is 12.5. The molecule has 0 aliphatic heterocycles. The molecule has 24 heavy (non-hydrogen) atoms. The molecule has 122 valence electrons. The van der Waals surface area contributed by atoms with Crippen molar-refractivity contribution in [2.75, 3.05) is 0 Å². The van der Waals surface area contributed by atoms with Gasteiger partial charge in [0, 0.05) is 24.4 Å². The number of aromatic nitrogens is 3. The summed E-state index contributed by atoms with van der Waals surface area (Å²) in [6.45, 7) is -2.95. The molecule has 0 saturated carbocycles. The number of rotatable bonds is 6. The van der Waals surface area contributed by atoms with E-state index in [4.69, 9.17) is 0 Å². The van der Waals surface area contributed by atoms with Gasteiger partial charge in [0.05, 0.1) is 11.9 Å². The lowest BCUT2D eigenvalue weighted by Gasteiger charge is -2.11. The summed E-state index contributed by atoms with van der Waals surface area (Å²) in [5.74, 6) is -0.0354. The number of nitrogens with zero attached hydrogens (tertiary/aromatic N) is 3. The van der Waals surface area contributed by atoms with Crippen LogP contribution in [0, 0.1) is 0 Å². The second-order valence-electron chi connectivity index (χ2n) is 5.01. The van der Waals surface area contributed by atoms with Gasteiger partial charge in [0.2, 0.25) is 0 Å². The number of benzene rings is 1. The zero-order valence-corrected chi connectivity index (χ0v) is 12.5. The molecule has 3 rings (SSSR count). The standard InChI is InChI=1S/C17H13F2N3O2/c18-17(19)24-16-10-20-14(11-23)9-13(16)8-12-2-4-15(5-3-12)22-7-1-6-21-22/h1-7,9-11,17H,8H2. The fourth-order valence-electron chi connectivity index (χ4n) is 2.32. The maximum Gasteiger partial charge on any atom is 0.387 e. The number of aldehydes is 1. The second kappa shape index (κ2) is 6.99. The predicted molar refractivity (Wildman–Crippen MR) is 82.6 cm³/mol. The molecule has 0 radical (unpaired) electrons. The molecule has 0 bridgehead atoms. The Balaban J connectivity index is 1.85. The fourth-order valence-corrected chi connectivity index (χ4v) is 2.32. The molecule has 3 aromatic rings. The van der Waals surface area contributed by atoms with Crippen LogP contribution in [0.3, 0.4) is 0 Å². The summed E-state index contributed by atoms with van der Waals surface area (Å²) in [5.41, 5.74) is 2.41. The maximum absolute atomic E-state index is 12.5. The highest BCUT2D eigenvalue weighted by Gasteiger charge is 2.12. The zero-order chi connectivity index (χ0) is 16.9. The van der Waals surface area contributed by atoms with Gasteiger partial charge in [-0.1, -0.05) is 12.1 Å². The van der Waals surface area contributed by atoms with E-state index in [1.54, 1.807) is 10.9 Å². The number of ether oxygens (including phenoxy) is 1. The van der Waals surface area contributed by atoms with Crippen LogP contribution in [0.25, 0.3) is 5.69 Å². The molecule has 0 unspecified atom stereocenters. The van der Waals surface area contributed by atoms with Gasteiger partial charge in [-0.05, 0) is 29.8 Å². The van der Waals surface area contributed by atoms with Gasteiger partial charge in [-0.2, -0.15) is 13.9 Å². The van der Waals surface area contributed by atoms with E-state index < -0.39 is 6.61 Å². The van der Waals surface area contributed by atoms with Gasteiger partial charge in [0.1, 0.15) is 11.4 Å². The topological polar surface area (TPSA) is 57.0 Å². The molecular formula is C17H13F2N3O2. The minimum Gasteiger partial charge on any atom is -0.433 e. The smallest absolute Gasteiger partial charge is 0.387 e. The summed E-state index contributed by atoms with van der Waals surface area (Å²) in [5, 5.41) is 4.14. The Morgan fingerprint density at radius 2 is 2.04 bits per heavy atom. The molecule has 7 heteroatoms. The molecule has 0 aliphatic carbocycles. The average molecular weight is 329 g/mol. The van der Waals surface area contributed by atoms with Crippen molar-refractivity contribution in [2.45, 2.75) is 13.0 Å². The average Bonchev–Trinajstić information content (AvgIpc) is 3.11. The summed E-state index contributed by atoms with van der Waals surface area (Å²) in [6, 6.07) is 10.7. The highest BCUT2D eigenvalue weighted by molar-refractivity contribution is 5.72. The molecular weight excluding hydrogens is 316 g/mol. The first-order valence-electron chi connectivity index (χ1n) is 7.13. The lowest BCUT2D eigenvalue weighted by atomic mass is 10.0. The molecule has 2 aromatic heterocycles. The summed E-state index contributed by atoms with van der Waals surface area (Å²) < 4.78 is 31.2. The number of halogens is 2. The van der Waals surface area contributed by atoms with Gasteiger partial charge in [-0.15, -0.1) is 0 Å². The van der Waals surface area contributed by atoms with Crippen molar-refractivity contribution in [2.24, 2.45) is 0 Å². The molecule has 0 atom stereocenters. The molecule has 5 nitrogen and oxygen atoms in total. The Morgan fingerprint density at radius 3 is 2.67 bits per heavy atom. The Kier molecular flexibility index (Phi) is 4.60. The number of alkyl halides is 2. The molecule has 0 spiro atoms. The van der Waals surface area contributed by atoms with Gasteiger partial charge in [0.25, 0.3) is 0 Å². The van der Waals surface area contributed by atoms with Crippen molar-refractivity contribution < 1.29 is 18.3 Å². The summed E-state index contributed by atoms with van der Waals surface area (Å²) in [7, 11) is 0. The van der Waals surface area contributed by atoms with Crippen molar-refractivity contribution in [1.82, 2.24) is 14.8 Å². The summed E-state index contributed by atoms with van der Waals surface area (Å²) in [4.78, 5) is 14.6. The number of hydrogen-bond donors (Lipinski definition) is 0. The molecule has 0 amide bonds. The van der Waals surface area contributed by atoms with Crippen molar-refractivity contribution in [1.29, 1.82) is 0 Å². The van der Waals surface area contributed by atoms with Crippen LogP contribution in [0.4, 0.5) is 8.78 Å².